The Bertz CT molecular complexity index is 261. The van der Waals surface area contributed by atoms with E-state index in [2.05, 4.69) is 26.1 Å². The van der Waals surface area contributed by atoms with Crippen molar-refractivity contribution in [2.75, 3.05) is 26.8 Å². The Hall–Kier alpha value is -0.0800. The molecule has 0 aromatic rings. The molecule has 1 N–H and O–H groups in total. The number of methoxy groups -OCH3 is 1. The summed E-state index contributed by atoms with van der Waals surface area (Å²) in [5.74, 6) is 1.90. The molecular formula is C16H31NO. The Balaban J connectivity index is 1.68. The van der Waals surface area contributed by atoms with Gasteiger partial charge in [0.05, 0.1) is 6.61 Å². The lowest BCUT2D eigenvalue weighted by Crippen LogP contribution is -2.29. The van der Waals surface area contributed by atoms with E-state index >= 15 is 0 Å². The number of hydrogen-bond donors (Lipinski definition) is 1. The molecule has 1 unspecified atom stereocenters. The van der Waals surface area contributed by atoms with Crippen molar-refractivity contribution in [2.45, 2.75) is 52.9 Å². The second kappa shape index (κ2) is 5.50. The van der Waals surface area contributed by atoms with Gasteiger partial charge in [0.1, 0.15) is 0 Å². The molecule has 2 aliphatic carbocycles. The number of rotatable bonds is 5. The summed E-state index contributed by atoms with van der Waals surface area (Å²) in [6, 6.07) is 0. The van der Waals surface area contributed by atoms with Crippen molar-refractivity contribution < 1.29 is 4.74 Å². The fourth-order valence-electron chi connectivity index (χ4n) is 3.84. The smallest absolute Gasteiger partial charge is 0.0587 e. The highest BCUT2D eigenvalue weighted by Gasteiger charge is 2.54. The minimum Gasteiger partial charge on any atom is -0.383 e. The van der Waals surface area contributed by atoms with Crippen molar-refractivity contribution in [2.24, 2.45) is 22.7 Å². The Kier molecular flexibility index (Phi) is 4.38. The fourth-order valence-corrected chi connectivity index (χ4v) is 3.84. The maximum Gasteiger partial charge on any atom is 0.0587 e. The molecule has 0 amide bonds. The molecule has 0 bridgehead atoms. The third-order valence-electron chi connectivity index (χ3n) is 5.44. The zero-order valence-electron chi connectivity index (χ0n) is 12.7. The van der Waals surface area contributed by atoms with Crippen LogP contribution in [0.15, 0.2) is 0 Å². The summed E-state index contributed by atoms with van der Waals surface area (Å²) >= 11 is 0. The molecule has 2 heteroatoms. The SMILES string of the molecule is COCCNCC1CC12CCC(C(C)(C)C)CC2. The molecule has 0 aromatic carbocycles. The van der Waals surface area contributed by atoms with E-state index in [9.17, 15) is 0 Å². The van der Waals surface area contributed by atoms with Crippen LogP contribution in [0.1, 0.15) is 52.9 Å². The summed E-state index contributed by atoms with van der Waals surface area (Å²) in [4.78, 5) is 0. The van der Waals surface area contributed by atoms with Gasteiger partial charge in [0.15, 0.2) is 0 Å². The quantitative estimate of drug-likeness (QED) is 0.758. The lowest BCUT2D eigenvalue weighted by molar-refractivity contribution is 0.133. The highest BCUT2D eigenvalue weighted by Crippen LogP contribution is 2.63. The molecule has 0 aromatic heterocycles. The highest BCUT2D eigenvalue weighted by atomic mass is 16.5. The van der Waals surface area contributed by atoms with Gasteiger partial charge in [0.25, 0.3) is 0 Å². The van der Waals surface area contributed by atoms with Crippen LogP contribution in [-0.4, -0.2) is 26.8 Å². The summed E-state index contributed by atoms with van der Waals surface area (Å²) in [5, 5.41) is 3.54. The predicted octanol–water partition coefficient (Wildman–Crippen LogP) is 3.47. The van der Waals surface area contributed by atoms with Crippen LogP contribution in [0.3, 0.4) is 0 Å². The average molecular weight is 253 g/mol. The van der Waals surface area contributed by atoms with Crippen LogP contribution in [0, 0.1) is 22.7 Å². The number of ether oxygens (including phenoxy) is 1. The zero-order valence-corrected chi connectivity index (χ0v) is 12.7. The summed E-state index contributed by atoms with van der Waals surface area (Å²) < 4.78 is 5.07. The van der Waals surface area contributed by atoms with Gasteiger partial charge in [-0.15, -0.1) is 0 Å². The van der Waals surface area contributed by atoms with Crippen LogP contribution >= 0.6 is 0 Å². The first-order valence-electron chi connectivity index (χ1n) is 7.68. The summed E-state index contributed by atoms with van der Waals surface area (Å²) in [6.07, 6.45) is 7.34. The van der Waals surface area contributed by atoms with E-state index in [1.807, 2.05) is 0 Å². The Morgan fingerprint density at radius 3 is 2.44 bits per heavy atom. The molecule has 2 rings (SSSR count). The first kappa shape index (κ1) is 14.3. The van der Waals surface area contributed by atoms with Crippen molar-refractivity contribution in [3.05, 3.63) is 0 Å². The van der Waals surface area contributed by atoms with E-state index < -0.39 is 0 Å². The topological polar surface area (TPSA) is 21.3 Å². The van der Waals surface area contributed by atoms with Crippen LogP contribution in [0.5, 0.6) is 0 Å². The minimum absolute atomic E-state index is 0.517. The van der Waals surface area contributed by atoms with Gasteiger partial charge < -0.3 is 10.1 Å². The zero-order chi connectivity index (χ0) is 13.2. The monoisotopic (exact) mass is 253 g/mol. The van der Waals surface area contributed by atoms with Gasteiger partial charge >= 0.3 is 0 Å². The van der Waals surface area contributed by atoms with Crippen LogP contribution in [0.25, 0.3) is 0 Å². The lowest BCUT2D eigenvalue weighted by atomic mass is 9.68. The molecule has 106 valence electrons. The van der Waals surface area contributed by atoms with E-state index in [-0.39, 0.29) is 0 Å². The Labute approximate surface area is 113 Å². The molecule has 1 spiro atoms. The molecule has 0 aliphatic heterocycles. The molecule has 2 fully saturated rings. The van der Waals surface area contributed by atoms with Crippen molar-refractivity contribution in [3.63, 3.8) is 0 Å². The summed E-state index contributed by atoms with van der Waals surface area (Å²) in [5.41, 5.74) is 1.25. The average Bonchev–Trinajstić information content (AvgIpc) is 2.97. The maximum absolute atomic E-state index is 5.07. The Morgan fingerprint density at radius 2 is 1.89 bits per heavy atom. The van der Waals surface area contributed by atoms with E-state index in [1.54, 1.807) is 7.11 Å². The molecule has 1 atom stereocenters. The minimum atomic E-state index is 0.517. The second-order valence-corrected chi connectivity index (χ2v) is 7.60. The molecular weight excluding hydrogens is 222 g/mol. The van der Waals surface area contributed by atoms with E-state index in [4.69, 9.17) is 4.74 Å². The van der Waals surface area contributed by atoms with Gasteiger partial charge in [-0.2, -0.15) is 0 Å². The first-order chi connectivity index (χ1) is 8.48. The van der Waals surface area contributed by atoms with Crippen molar-refractivity contribution in [3.8, 4) is 0 Å². The van der Waals surface area contributed by atoms with Crippen LogP contribution in [0.4, 0.5) is 0 Å². The summed E-state index contributed by atoms with van der Waals surface area (Å²) in [7, 11) is 1.77. The number of nitrogens with one attached hydrogen (secondary N) is 1. The van der Waals surface area contributed by atoms with Crippen LogP contribution in [0.2, 0.25) is 0 Å². The molecule has 2 saturated carbocycles. The van der Waals surface area contributed by atoms with E-state index in [1.165, 1.54) is 38.6 Å². The third-order valence-corrected chi connectivity index (χ3v) is 5.44. The third kappa shape index (κ3) is 3.27. The van der Waals surface area contributed by atoms with Crippen LogP contribution < -0.4 is 5.32 Å². The molecule has 0 radical (unpaired) electrons. The molecule has 18 heavy (non-hydrogen) atoms. The van der Waals surface area contributed by atoms with Gasteiger partial charge in [-0.3, -0.25) is 0 Å². The normalized spacial score (nSPS) is 36.0. The van der Waals surface area contributed by atoms with E-state index in [0.29, 0.717) is 5.41 Å². The largest absolute Gasteiger partial charge is 0.383 e. The predicted molar refractivity (Wildman–Crippen MR) is 76.7 cm³/mol. The van der Waals surface area contributed by atoms with Gasteiger partial charge in [0.2, 0.25) is 0 Å². The van der Waals surface area contributed by atoms with Gasteiger partial charge in [0, 0.05) is 13.7 Å². The standard InChI is InChI=1S/C16H31NO/c1-15(2,3)13-5-7-16(8-6-13)11-14(16)12-17-9-10-18-4/h13-14,17H,5-12H2,1-4H3. The van der Waals surface area contributed by atoms with Gasteiger partial charge in [-0.1, -0.05) is 20.8 Å². The van der Waals surface area contributed by atoms with Crippen molar-refractivity contribution >= 4 is 0 Å². The van der Waals surface area contributed by atoms with Gasteiger partial charge in [-0.25, -0.2) is 0 Å². The molecule has 2 aliphatic rings. The second-order valence-electron chi connectivity index (χ2n) is 7.60. The highest BCUT2D eigenvalue weighted by molar-refractivity contribution is 5.05. The van der Waals surface area contributed by atoms with E-state index in [0.717, 1.165) is 30.4 Å². The molecule has 2 nitrogen and oxygen atoms in total. The molecule has 0 heterocycles. The van der Waals surface area contributed by atoms with Crippen molar-refractivity contribution in [1.82, 2.24) is 5.32 Å². The Morgan fingerprint density at radius 1 is 1.22 bits per heavy atom. The lowest BCUT2D eigenvalue weighted by Gasteiger charge is -2.37. The van der Waals surface area contributed by atoms with Gasteiger partial charge in [-0.05, 0) is 61.3 Å². The summed E-state index contributed by atoms with van der Waals surface area (Å²) in [6.45, 7) is 10.3. The number of hydrogen-bond acceptors (Lipinski definition) is 2. The maximum atomic E-state index is 5.07. The van der Waals surface area contributed by atoms with Crippen molar-refractivity contribution in [1.29, 1.82) is 0 Å². The fraction of sp³-hybridized carbons (Fsp3) is 1.00. The van der Waals surface area contributed by atoms with Crippen LogP contribution in [-0.2, 0) is 4.74 Å². The molecule has 0 saturated heterocycles. The first-order valence-corrected chi connectivity index (χ1v) is 7.68.